The maximum atomic E-state index is 12.2. The van der Waals surface area contributed by atoms with E-state index in [0.29, 0.717) is 22.6 Å². The first-order valence-corrected chi connectivity index (χ1v) is 6.15. The second-order valence-electron chi connectivity index (χ2n) is 4.43. The molecule has 0 aliphatic carbocycles. The Morgan fingerprint density at radius 2 is 1.75 bits per heavy atom. The second-order valence-corrected chi connectivity index (χ2v) is 4.43. The van der Waals surface area contributed by atoms with Gasteiger partial charge >= 0.3 is 0 Å². The van der Waals surface area contributed by atoms with Crippen LogP contribution in [-0.4, -0.2) is 28.8 Å². The summed E-state index contributed by atoms with van der Waals surface area (Å²) in [4.78, 5) is 29.8. The number of aromatic nitrogens is 1. The topological polar surface area (TPSA) is 59.5 Å². The number of hydrogen-bond donors (Lipinski definition) is 0. The number of imide groups is 1. The van der Waals surface area contributed by atoms with E-state index >= 15 is 0 Å². The van der Waals surface area contributed by atoms with E-state index in [0.717, 1.165) is 0 Å². The summed E-state index contributed by atoms with van der Waals surface area (Å²) in [5.74, 6) is 0.0806. The standard InChI is InChI=1S/C15H12N2O3/c1-20-11-6-7-16-10(8-11)9-17-14(18)12-4-2-3-5-13(12)15(17)19/h2-8H,9H2,1H3. The highest BCUT2D eigenvalue weighted by Gasteiger charge is 2.35. The van der Waals surface area contributed by atoms with Crippen molar-refractivity contribution >= 4 is 11.8 Å². The van der Waals surface area contributed by atoms with Crippen molar-refractivity contribution in [3.63, 3.8) is 0 Å². The molecule has 100 valence electrons. The molecular weight excluding hydrogens is 256 g/mol. The number of carbonyl (C=O) groups excluding carboxylic acids is 2. The smallest absolute Gasteiger partial charge is 0.261 e. The van der Waals surface area contributed by atoms with Gasteiger partial charge in [0.05, 0.1) is 30.5 Å². The third kappa shape index (κ3) is 1.93. The molecule has 1 aromatic carbocycles. The minimum absolute atomic E-state index is 0.142. The summed E-state index contributed by atoms with van der Waals surface area (Å²) < 4.78 is 5.11. The van der Waals surface area contributed by atoms with Crippen LogP contribution in [0.4, 0.5) is 0 Å². The van der Waals surface area contributed by atoms with Crippen LogP contribution in [0.1, 0.15) is 26.4 Å². The van der Waals surface area contributed by atoms with Gasteiger partial charge in [-0.25, -0.2) is 0 Å². The van der Waals surface area contributed by atoms with Crippen LogP contribution in [0.3, 0.4) is 0 Å². The minimum Gasteiger partial charge on any atom is -0.497 e. The Labute approximate surface area is 115 Å². The molecule has 5 heteroatoms. The lowest BCUT2D eigenvalue weighted by Crippen LogP contribution is -2.29. The molecule has 1 aromatic heterocycles. The van der Waals surface area contributed by atoms with Gasteiger partial charge in [0, 0.05) is 12.3 Å². The van der Waals surface area contributed by atoms with Crippen molar-refractivity contribution in [2.24, 2.45) is 0 Å². The highest BCUT2D eigenvalue weighted by molar-refractivity contribution is 6.21. The van der Waals surface area contributed by atoms with E-state index in [1.807, 2.05) is 0 Å². The third-order valence-electron chi connectivity index (χ3n) is 3.22. The lowest BCUT2D eigenvalue weighted by molar-refractivity contribution is 0.0640. The zero-order valence-electron chi connectivity index (χ0n) is 10.9. The van der Waals surface area contributed by atoms with Gasteiger partial charge in [-0.2, -0.15) is 0 Å². The molecule has 0 radical (unpaired) electrons. The van der Waals surface area contributed by atoms with Crippen LogP contribution in [0.15, 0.2) is 42.6 Å². The average Bonchev–Trinajstić information content (AvgIpc) is 2.73. The summed E-state index contributed by atoms with van der Waals surface area (Å²) in [6.45, 7) is 0.142. The average molecular weight is 268 g/mol. The van der Waals surface area contributed by atoms with Gasteiger partial charge in [0.2, 0.25) is 0 Å². The molecule has 0 N–H and O–H groups in total. The number of amides is 2. The Morgan fingerprint density at radius 3 is 2.35 bits per heavy atom. The number of pyridine rings is 1. The zero-order chi connectivity index (χ0) is 14.1. The molecule has 0 saturated heterocycles. The van der Waals surface area contributed by atoms with Gasteiger partial charge in [-0.05, 0) is 18.2 Å². The van der Waals surface area contributed by atoms with Gasteiger partial charge in [-0.1, -0.05) is 12.1 Å². The van der Waals surface area contributed by atoms with E-state index in [4.69, 9.17) is 4.74 Å². The van der Waals surface area contributed by atoms with Crippen LogP contribution < -0.4 is 4.74 Å². The van der Waals surface area contributed by atoms with Gasteiger partial charge in [-0.15, -0.1) is 0 Å². The van der Waals surface area contributed by atoms with Crippen LogP contribution in [0.2, 0.25) is 0 Å². The van der Waals surface area contributed by atoms with Crippen molar-refractivity contribution in [2.75, 3.05) is 7.11 Å². The van der Waals surface area contributed by atoms with Crippen molar-refractivity contribution in [3.8, 4) is 5.75 Å². The van der Waals surface area contributed by atoms with Crippen molar-refractivity contribution < 1.29 is 14.3 Å². The van der Waals surface area contributed by atoms with Crippen LogP contribution in [0.25, 0.3) is 0 Å². The number of nitrogens with zero attached hydrogens (tertiary/aromatic N) is 2. The Morgan fingerprint density at radius 1 is 1.10 bits per heavy atom. The largest absolute Gasteiger partial charge is 0.497 e. The Kier molecular flexibility index (Phi) is 2.95. The lowest BCUT2D eigenvalue weighted by Gasteiger charge is -2.13. The van der Waals surface area contributed by atoms with Gasteiger partial charge in [0.15, 0.2) is 0 Å². The number of hydrogen-bond acceptors (Lipinski definition) is 4. The normalized spacial score (nSPS) is 13.6. The Hall–Kier alpha value is -2.69. The molecule has 1 aliphatic heterocycles. The van der Waals surface area contributed by atoms with E-state index in [9.17, 15) is 9.59 Å². The molecule has 0 bridgehead atoms. The molecule has 2 heterocycles. The summed E-state index contributed by atoms with van der Waals surface area (Å²) in [6, 6.07) is 10.2. The summed E-state index contributed by atoms with van der Waals surface area (Å²) >= 11 is 0. The molecule has 0 atom stereocenters. The summed E-state index contributed by atoms with van der Waals surface area (Å²) in [7, 11) is 1.56. The van der Waals surface area contributed by atoms with E-state index in [1.165, 1.54) is 4.90 Å². The van der Waals surface area contributed by atoms with Crippen LogP contribution in [-0.2, 0) is 6.54 Å². The first-order chi connectivity index (χ1) is 9.70. The van der Waals surface area contributed by atoms with Gasteiger partial charge in [0.1, 0.15) is 5.75 Å². The number of methoxy groups -OCH3 is 1. The number of carbonyl (C=O) groups is 2. The van der Waals surface area contributed by atoms with Crippen molar-refractivity contribution in [2.45, 2.75) is 6.54 Å². The van der Waals surface area contributed by atoms with Crippen LogP contribution in [0.5, 0.6) is 5.75 Å². The Bertz CT molecular complexity index is 662. The highest BCUT2D eigenvalue weighted by atomic mass is 16.5. The molecule has 1 aliphatic rings. The first kappa shape index (κ1) is 12.3. The van der Waals surface area contributed by atoms with E-state index < -0.39 is 0 Å². The second kappa shape index (κ2) is 4.77. The highest BCUT2D eigenvalue weighted by Crippen LogP contribution is 2.24. The maximum absolute atomic E-state index is 12.2. The van der Waals surface area contributed by atoms with Crippen LogP contribution in [0, 0.1) is 0 Å². The van der Waals surface area contributed by atoms with E-state index in [2.05, 4.69) is 4.98 Å². The van der Waals surface area contributed by atoms with Crippen molar-refractivity contribution in [1.82, 2.24) is 9.88 Å². The minimum atomic E-state index is -0.282. The van der Waals surface area contributed by atoms with E-state index in [1.54, 1.807) is 49.7 Å². The molecule has 0 fully saturated rings. The van der Waals surface area contributed by atoms with Gasteiger partial charge in [0.25, 0.3) is 11.8 Å². The lowest BCUT2D eigenvalue weighted by atomic mass is 10.1. The summed E-state index contributed by atoms with van der Waals surface area (Å²) in [5.41, 5.74) is 1.50. The Balaban J connectivity index is 1.89. The van der Waals surface area contributed by atoms with Gasteiger partial charge in [-0.3, -0.25) is 19.5 Å². The third-order valence-corrected chi connectivity index (χ3v) is 3.22. The molecule has 5 nitrogen and oxygen atoms in total. The fourth-order valence-corrected chi connectivity index (χ4v) is 2.21. The van der Waals surface area contributed by atoms with Gasteiger partial charge < -0.3 is 4.74 Å². The predicted octanol–water partition coefficient (Wildman–Crippen LogP) is 1.89. The molecule has 0 spiro atoms. The molecular formula is C15H12N2O3. The van der Waals surface area contributed by atoms with Crippen molar-refractivity contribution in [1.29, 1.82) is 0 Å². The predicted molar refractivity (Wildman–Crippen MR) is 71.4 cm³/mol. The SMILES string of the molecule is COc1ccnc(CN2C(=O)c3ccccc3C2=O)c1. The molecule has 3 rings (SSSR count). The molecule has 20 heavy (non-hydrogen) atoms. The molecule has 0 unspecified atom stereocenters. The van der Waals surface area contributed by atoms with E-state index in [-0.39, 0.29) is 18.4 Å². The monoisotopic (exact) mass is 268 g/mol. The fraction of sp³-hybridized carbons (Fsp3) is 0.133. The molecule has 2 amide bonds. The maximum Gasteiger partial charge on any atom is 0.261 e. The number of benzene rings is 1. The fourth-order valence-electron chi connectivity index (χ4n) is 2.21. The number of rotatable bonds is 3. The molecule has 2 aromatic rings. The number of fused-ring (bicyclic) bond motifs is 1. The molecule has 0 saturated carbocycles. The zero-order valence-corrected chi connectivity index (χ0v) is 10.9. The van der Waals surface area contributed by atoms with Crippen molar-refractivity contribution in [3.05, 3.63) is 59.4 Å². The summed E-state index contributed by atoms with van der Waals surface area (Å²) in [6.07, 6.45) is 1.59. The summed E-state index contributed by atoms with van der Waals surface area (Å²) in [5, 5.41) is 0. The quantitative estimate of drug-likeness (QED) is 0.797. The van der Waals surface area contributed by atoms with Crippen LogP contribution >= 0.6 is 0 Å². The first-order valence-electron chi connectivity index (χ1n) is 6.15. The number of ether oxygens (including phenoxy) is 1.